The van der Waals surface area contributed by atoms with E-state index in [4.69, 9.17) is 16.2 Å². The molecule has 0 spiro atoms. The van der Waals surface area contributed by atoms with Crippen LogP contribution in [0.25, 0.3) is 0 Å². The van der Waals surface area contributed by atoms with Gasteiger partial charge in [0.1, 0.15) is 0 Å². The summed E-state index contributed by atoms with van der Waals surface area (Å²) in [4.78, 5) is 0. The Kier molecular flexibility index (Phi) is 18.6. The molecule has 4 aliphatic rings. The summed E-state index contributed by atoms with van der Waals surface area (Å²) < 4.78 is 5.33. The maximum Gasteiger partial charge on any atom is 0.0882 e. The highest BCUT2D eigenvalue weighted by atomic mass is 16.5. The molecule has 4 nitrogen and oxygen atoms in total. The second-order valence-corrected chi connectivity index (χ2v) is 12.6. The fourth-order valence-electron chi connectivity index (χ4n) is 8.28. The number of hydrogen-bond acceptors (Lipinski definition) is 4. The molecule has 0 bridgehead atoms. The summed E-state index contributed by atoms with van der Waals surface area (Å²) in [5.41, 5.74) is 11.6. The van der Waals surface area contributed by atoms with E-state index in [1.54, 1.807) is 7.11 Å². The van der Waals surface area contributed by atoms with Crippen molar-refractivity contribution in [3.8, 4) is 0 Å². The molecule has 0 aromatic carbocycles. The minimum Gasteiger partial charge on any atom is -0.387 e. The highest BCUT2D eigenvalue weighted by molar-refractivity contribution is 5.15. The summed E-state index contributed by atoms with van der Waals surface area (Å²) in [6.07, 6.45) is 13.8. The van der Waals surface area contributed by atoms with Gasteiger partial charge in [0.25, 0.3) is 0 Å². The number of rotatable bonds is 5. The van der Waals surface area contributed by atoms with Crippen LogP contribution in [0.5, 0.6) is 0 Å². The summed E-state index contributed by atoms with van der Waals surface area (Å²) in [7, 11) is 1.73. The van der Waals surface area contributed by atoms with Gasteiger partial charge in [-0.2, -0.15) is 0 Å². The third-order valence-corrected chi connectivity index (χ3v) is 9.75. The van der Waals surface area contributed by atoms with Crippen molar-refractivity contribution in [2.75, 3.05) is 20.3 Å². The zero-order chi connectivity index (χ0) is 29.5. The predicted octanol–water partition coefficient (Wildman–Crippen LogP) is 8.61. The molecule has 8 atom stereocenters. The summed E-state index contributed by atoms with van der Waals surface area (Å²) in [6, 6.07) is 0.333. The first-order valence-electron chi connectivity index (χ1n) is 16.4. The molecule has 230 valence electrons. The van der Waals surface area contributed by atoms with Crippen molar-refractivity contribution in [1.29, 1.82) is 0 Å². The largest absolute Gasteiger partial charge is 0.387 e. The molecule has 5 N–H and O–H groups in total. The number of hydrogen-bond donors (Lipinski definition) is 3. The van der Waals surface area contributed by atoms with E-state index in [-0.39, 0.29) is 1.43 Å². The number of ether oxygens (including phenoxy) is 1. The maximum atomic E-state index is 10.9. The first-order chi connectivity index (χ1) is 18.1. The molecule has 0 aromatic heterocycles. The monoisotopic (exact) mass is 541 g/mol. The SMILES string of the molecule is C=C(CC)[C@H]1CC[C@H]2[C@@H]3CC[C@H]4C[C@@](O)(COC)CC[C@@H]4[C@H]3CC[C@]12C.CC.CC.CC(C)N.CCCN.[HH]. The molecule has 4 aliphatic carbocycles. The van der Waals surface area contributed by atoms with Gasteiger partial charge in [0, 0.05) is 8.54 Å². The Morgan fingerprint density at radius 1 is 0.974 bits per heavy atom. The van der Waals surface area contributed by atoms with Gasteiger partial charge in [-0.1, -0.05) is 74.5 Å². The smallest absolute Gasteiger partial charge is 0.0882 e. The molecular formula is C34H72N2O2. The Hall–Kier alpha value is -0.420. The second-order valence-electron chi connectivity index (χ2n) is 12.6. The Bertz CT molecular complexity index is 626. The third-order valence-electron chi connectivity index (χ3n) is 9.75. The second kappa shape index (κ2) is 18.8. The highest BCUT2D eigenvalue weighted by Gasteiger charge is 2.57. The predicted molar refractivity (Wildman–Crippen MR) is 170 cm³/mol. The van der Waals surface area contributed by atoms with E-state index >= 15 is 0 Å². The molecule has 0 heterocycles. The van der Waals surface area contributed by atoms with Crippen molar-refractivity contribution >= 4 is 0 Å². The van der Waals surface area contributed by atoms with Crippen LogP contribution < -0.4 is 11.5 Å². The van der Waals surface area contributed by atoms with Crippen molar-refractivity contribution in [1.82, 2.24) is 0 Å². The molecule has 0 aliphatic heterocycles. The first kappa shape index (κ1) is 37.6. The Morgan fingerprint density at radius 2 is 1.53 bits per heavy atom. The van der Waals surface area contributed by atoms with Gasteiger partial charge in [-0.25, -0.2) is 0 Å². The van der Waals surface area contributed by atoms with Crippen molar-refractivity contribution in [2.24, 2.45) is 52.4 Å². The van der Waals surface area contributed by atoms with E-state index in [1.807, 2.05) is 41.5 Å². The lowest BCUT2D eigenvalue weighted by molar-refractivity contribution is -0.123. The molecule has 38 heavy (non-hydrogen) atoms. The summed E-state index contributed by atoms with van der Waals surface area (Å²) in [5.74, 6) is 5.16. The van der Waals surface area contributed by atoms with E-state index in [1.165, 1.54) is 50.5 Å². The van der Waals surface area contributed by atoms with Gasteiger partial charge < -0.3 is 21.3 Å². The molecule has 4 heteroatoms. The Balaban J connectivity index is 0. The fraction of sp³-hybridized carbons (Fsp3) is 0.941. The van der Waals surface area contributed by atoms with Crippen LogP contribution in [-0.2, 0) is 4.74 Å². The number of aliphatic hydroxyl groups is 1. The van der Waals surface area contributed by atoms with E-state index in [2.05, 4.69) is 27.4 Å². The van der Waals surface area contributed by atoms with Gasteiger partial charge in [0.05, 0.1) is 12.2 Å². The van der Waals surface area contributed by atoms with Crippen LogP contribution in [0.4, 0.5) is 0 Å². The molecule has 0 radical (unpaired) electrons. The molecule has 4 saturated carbocycles. The highest BCUT2D eigenvalue weighted by Crippen LogP contribution is 2.65. The molecule has 4 fully saturated rings. The lowest BCUT2D eigenvalue weighted by Gasteiger charge is -2.57. The molecule has 0 unspecified atom stereocenters. The van der Waals surface area contributed by atoms with E-state index in [9.17, 15) is 5.11 Å². The van der Waals surface area contributed by atoms with Crippen molar-refractivity contribution in [3.05, 3.63) is 12.2 Å². The minimum absolute atomic E-state index is 0. The summed E-state index contributed by atoms with van der Waals surface area (Å²) in [5, 5.41) is 10.9. The molecule has 0 amide bonds. The van der Waals surface area contributed by atoms with Crippen LogP contribution in [0.1, 0.15) is 134 Å². The van der Waals surface area contributed by atoms with E-state index < -0.39 is 5.60 Å². The van der Waals surface area contributed by atoms with Crippen LogP contribution in [-0.4, -0.2) is 37.0 Å². The van der Waals surface area contributed by atoms with Crippen LogP contribution in [0.15, 0.2) is 12.2 Å². The van der Waals surface area contributed by atoms with E-state index in [0.717, 1.165) is 67.7 Å². The Labute approximate surface area is 240 Å². The normalized spacial score (nSPS) is 36.7. The van der Waals surface area contributed by atoms with Crippen LogP contribution in [0.3, 0.4) is 0 Å². The minimum atomic E-state index is -0.552. The topological polar surface area (TPSA) is 81.5 Å². The molecular weight excluding hydrogens is 468 g/mol. The number of allylic oxidation sites excluding steroid dienone is 1. The standard InChI is InChI=1S/C24H40O2.2C3H9N.2C2H6.H2/c1-5-16(2)21-8-9-22-20-7-6-17-14-24(25,15-26-4)13-11-18(17)19(20)10-12-23(21,22)3;1-3(2)4;1-2-3-4;2*1-2;/h17-22,25H,2,5-15H2,1,3-4H3;3H,4H2,1-2H3;2-4H2,1H3;2*1-2H3;1H/t17-,18-,19+,20+,21+,22-,23+,24+;;;;;/m0...../s1. The number of nitrogens with two attached hydrogens (primary N) is 2. The lowest BCUT2D eigenvalue weighted by Crippen LogP contribution is -2.52. The first-order valence-corrected chi connectivity index (χ1v) is 16.4. The van der Waals surface area contributed by atoms with Gasteiger partial charge in [0.2, 0.25) is 0 Å². The quantitative estimate of drug-likeness (QED) is 0.305. The zero-order valence-electron chi connectivity index (χ0n) is 27.5. The average Bonchev–Trinajstić information content (AvgIpc) is 3.27. The third kappa shape index (κ3) is 9.89. The van der Waals surface area contributed by atoms with Gasteiger partial charge in [-0.3, -0.25) is 0 Å². The van der Waals surface area contributed by atoms with Crippen LogP contribution in [0, 0.1) is 40.9 Å². The van der Waals surface area contributed by atoms with Crippen molar-refractivity contribution in [2.45, 2.75) is 145 Å². The van der Waals surface area contributed by atoms with Gasteiger partial charge in [-0.15, -0.1) is 0 Å². The molecule has 0 aromatic rings. The Morgan fingerprint density at radius 3 is 2.03 bits per heavy atom. The van der Waals surface area contributed by atoms with Gasteiger partial charge in [0.15, 0.2) is 0 Å². The van der Waals surface area contributed by atoms with Crippen molar-refractivity contribution in [3.63, 3.8) is 0 Å². The van der Waals surface area contributed by atoms with Gasteiger partial charge >= 0.3 is 0 Å². The van der Waals surface area contributed by atoms with Crippen molar-refractivity contribution < 1.29 is 11.3 Å². The molecule has 0 saturated heterocycles. The zero-order valence-corrected chi connectivity index (χ0v) is 27.5. The van der Waals surface area contributed by atoms with Crippen LogP contribution in [0.2, 0.25) is 0 Å². The fourth-order valence-corrected chi connectivity index (χ4v) is 8.28. The average molecular weight is 541 g/mol. The number of fused-ring (bicyclic) bond motifs is 5. The number of methoxy groups -OCH3 is 1. The maximum absolute atomic E-state index is 10.9. The van der Waals surface area contributed by atoms with Gasteiger partial charge in [-0.05, 0) is 124 Å². The van der Waals surface area contributed by atoms with Crippen LogP contribution >= 0.6 is 0 Å². The summed E-state index contributed by atoms with van der Waals surface area (Å²) in [6.45, 7) is 24.6. The van der Waals surface area contributed by atoms with E-state index in [0.29, 0.717) is 18.1 Å². The molecule has 4 rings (SSSR count). The lowest BCUT2D eigenvalue weighted by atomic mass is 9.48. The summed E-state index contributed by atoms with van der Waals surface area (Å²) >= 11 is 0.